The first-order chi connectivity index (χ1) is 14.5. The van der Waals surface area contributed by atoms with Crippen molar-refractivity contribution < 1.29 is 9.18 Å². The molecule has 0 saturated carbocycles. The number of anilines is 3. The molecule has 1 fully saturated rings. The molecule has 6 nitrogen and oxygen atoms in total. The molecule has 1 atom stereocenters. The van der Waals surface area contributed by atoms with Gasteiger partial charge in [-0.05, 0) is 68.3 Å². The van der Waals surface area contributed by atoms with Gasteiger partial charge in [0.1, 0.15) is 11.6 Å². The summed E-state index contributed by atoms with van der Waals surface area (Å²) in [5.74, 6) is 0.242. The van der Waals surface area contributed by atoms with E-state index in [-0.39, 0.29) is 17.6 Å². The Kier molecular flexibility index (Phi) is 5.61. The van der Waals surface area contributed by atoms with Crippen LogP contribution in [0.2, 0.25) is 0 Å². The average molecular weight is 405 g/mol. The van der Waals surface area contributed by atoms with Crippen molar-refractivity contribution in [1.29, 1.82) is 0 Å². The van der Waals surface area contributed by atoms with Crippen molar-refractivity contribution in [3.05, 3.63) is 77.5 Å². The summed E-state index contributed by atoms with van der Waals surface area (Å²) >= 11 is 0. The Morgan fingerprint density at radius 2 is 1.97 bits per heavy atom. The first-order valence-electron chi connectivity index (χ1n) is 10.00. The minimum absolute atomic E-state index is 0.0375. The number of piperidine rings is 1. The smallest absolute Gasteiger partial charge is 0.255 e. The maximum atomic E-state index is 13.2. The van der Waals surface area contributed by atoms with Crippen LogP contribution >= 0.6 is 0 Å². The van der Waals surface area contributed by atoms with Gasteiger partial charge in [0.2, 0.25) is 0 Å². The Balaban J connectivity index is 1.51. The summed E-state index contributed by atoms with van der Waals surface area (Å²) in [6.07, 6.45) is 3.41. The van der Waals surface area contributed by atoms with Crippen LogP contribution in [-0.4, -0.2) is 33.9 Å². The van der Waals surface area contributed by atoms with Gasteiger partial charge >= 0.3 is 0 Å². The van der Waals surface area contributed by atoms with Crippen molar-refractivity contribution in [3.63, 3.8) is 0 Å². The number of likely N-dealkylation sites (tertiary alicyclic amines) is 1. The summed E-state index contributed by atoms with van der Waals surface area (Å²) in [7, 11) is 0. The van der Waals surface area contributed by atoms with E-state index < -0.39 is 0 Å². The second kappa shape index (κ2) is 8.49. The van der Waals surface area contributed by atoms with Crippen LogP contribution in [0.1, 0.15) is 40.5 Å². The molecule has 30 heavy (non-hydrogen) atoms. The molecule has 0 radical (unpaired) electrons. The van der Waals surface area contributed by atoms with Crippen LogP contribution in [-0.2, 0) is 0 Å². The molecule has 1 aromatic carbocycles. The highest BCUT2D eigenvalue weighted by molar-refractivity contribution is 5.94. The van der Waals surface area contributed by atoms with E-state index in [4.69, 9.17) is 10.7 Å². The van der Waals surface area contributed by atoms with Crippen LogP contribution in [0.15, 0.2) is 54.7 Å². The maximum Gasteiger partial charge on any atom is 0.255 e. The van der Waals surface area contributed by atoms with Crippen LogP contribution in [0.4, 0.5) is 21.6 Å². The lowest BCUT2D eigenvalue weighted by atomic mass is 9.93. The van der Waals surface area contributed by atoms with Gasteiger partial charge in [0, 0.05) is 48.0 Å². The van der Waals surface area contributed by atoms with Gasteiger partial charge in [0.15, 0.2) is 0 Å². The molecule has 1 aliphatic heterocycles. The summed E-state index contributed by atoms with van der Waals surface area (Å²) in [6, 6.07) is 13.6. The molecular weight excluding hydrogens is 381 g/mol. The fourth-order valence-electron chi connectivity index (χ4n) is 3.79. The molecule has 0 aliphatic carbocycles. The quantitative estimate of drug-likeness (QED) is 0.677. The third-order valence-electron chi connectivity index (χ3n) is 5.27. The highest BCUT2D eigenvalue weighted by atomic mass is 19.1. The van der Waals surface area contributed by atoms with Gasteiger partial charge in [-0.1, -0.05) is 0 Å². The number of hydrogen-bond donors (Lipinski definition) is 2. The van der Waals surface area contributed by atoms with E-state index in [1.54, 1.807) is 24.3 Å². The van der Waals surface area contributed by atoms with Gasteiger partial charge in [-0.2, -0.15) is 0 Å². The first kappa shape index (κ1) is 19.8. The van der Waals surface area contributed by atoms with Crippen LogP contribution in [0.3, 0.4) is 0 Å². The fraction of sp³-hybridized carbons (Fsp3) is 0.261. The number of aromatic nitrogens is 2. The summed E-state index contributed by atoms with van der Waals surface area (Å²) in [4.78, 5) is 23.5. The van der Waals surface area contributed by atoms with Crippen molar-refractivity contribution >= 4 is 23.1 Å². The minimum atomic E-state index is -0.268. The minimum Gasteiger partial charge on any atom is -0.384 e. The lowest BCUT2D eigenvalue weighted by Crippen LogP contribution is -2.39. The zero-order valence-corrected chi connectivity index (χ0v) is 16.8. The zero-order valence-electron chi connectivity index (χ0n) is 16.8. The molecule has 1 amide bonds. The van der Waals surface area contributed by atoms with Crippen molar-refractivity contribution in [2.45, 2.75) is 25.7 Å². The monoisotopic (exact) mass is 405 g/mol. The third kappa shape index (κ3) is 4.56. The Morgan fingerprint density at radius 1 is 1.17 bits per heavy atom. The normalized spacial score (nSPS) is 16.3. The maximum absolute atomic E-state index is 13.2. The molecule has 1 saturated heterocycles. The topological polar surface area (TPSA) is 84.1 Å². The predicted molar refractivity (Wildman–Crippen MR) is 115 cm³/mol. The van der Waals surface area contributed by atoms with E-state index in [1.165, 1.54) is 18.3 Å². The number of carbonyl (C=O) groups is 1. The molecular formula is C23H24FN5O. The van der Waals surface area contributed by atoms with Crippen molar-refractivity contribution in [2.75, 3.05) is 24.1 Å². The van der Waals surface area contributed by atoms with Crippen LogP contribution < -0.4 is 11.1 Å². The van der Waals surface area contributed by atoms with Crippen LogP contribution in [0, 0.1) is 12.7 Å². The molecule has 4 rings (SSSR count). The lowest BCUT2D eigenvalue weighted by molar-refractivity contribution is 0.0705. The lowest BCUT2D eigenvalue weighted by Gasteiger charge is -2.33. The van der Waals surface area contributed by atoms with Crippen molar-refractivity contribution in [3.8, 4) is 0 Å². The summed E-state index contributed by atoms with van der Waals surface area (Å²) in [5, 5.41) is 3.31. The number of carbonyl (C=O) groups excluding carboxylic acids is 1. The number of benzene rings is 1. The highest BCUT2D eigenvalue weighted by Crippen LogP contribution is 2.29. The Labute approximate surface area is 175 Å². The largest absolute Gasteiger partial charge is 0.384 e. The van der Waals surface area contributed by atoms with Gasteiger partial charge in [-0.25, -0.2) is 9.37 Å². The number of amides is 1. The Bertz CT molecular complexity index is 1040. The number of pyridine rings is 2. The molecule has 0 bridgehead atoms. The first-order valence-corrected chi connectivity index (χ1v) is 10.00. The number of nitrogens with two attached hydrogens (primary N) is 1. The van der Waals surface area contributed by atoms with Crippen molar-refractivity contribution in [1.82, 2.24) is 14.9 Å². The average Bonchev–Trinajstić information content (AvgIpc) is 2.75. The van der Waals surface area contributed by atoms with Gasteiger partial charge in [-0.15, -0.1) is 0 Å². The molecule has 3 heterocycles. The molecule has 154 valence electrons. The number of halogens is 1. The summed E-state index contributed by atoms with van der Waals surface area (Å²) in [5.41, 5.74) is 9.72. The van der Waals surface area contributed by atoms with E-state index >= 15 is 0 Å². The standard InChI is InChI=1S/C23H24FN5O/c1-15-11-20(28-19-7-5-18(24)6-8-19)12-21(27-15)17-3-2-10-29(14-17)23(30)16-4-9-22(25)26-13-16/h4-9,11-13,17H,2-3,10,14H2,1H3,(H2,25,26)(H,27,28)/t17-/m1/s1. The molecule has 1 aliphatic rings. The molecule has 0 unspecified atom stereocenters. The number of nitrogens with zero attached hydrogens (tertiary/aromatic N) is 3. The van der Waals surface area contributed by atoms with Gasteiger partial charge in [-0.3, -0.25) is 9.78 Å². The highest BCUT2D eigenvalue weighted by Gasteiger charge is 2.27. The molecule has 0 spiro atoms. The Hall–Kier alpha value is -3.48. The van der Waals surface area contributed by atoms with E-state index in [2.05, 4.69) is 10.3 Å². The molecule has 2 aromatic heterocycles. The number of rotatable bonds is 4. The van der Waals surface area contributed by atoms with Gasteiger partial charge in [0.05, 0.1) is 5.56 Å². The molecule has 3 aromatic rings. The number of nitrogens with one attached hydrogen (secondary N) is 1. The van der Waals surface area contributed by atoms with Crippen LogP contribution in [0.5, 0.6) is 0 Å². The second-order valence-electron chi connectivity index (χ2n) is 7.62. The number of aryl methyl sites for hydroxylation is 1. The Morgan fingerprint density at radius 3 is 2.70 bits per heavy atom. The zero-order chi connectivity index (χ0) is 21.1. The molecule has 3 N–H and O–H groups in total. The second-order valence-corrected chi connectivity index (χ2v) is 7.62. The van der Waals surface area contributed by atoms with E-state index in [9.17, 15) is 9.18 Å². The van der Waals surface area contributed by atoms with Crippen LogP contribution in [0.25, 0.3) is 0 Å². The van der Waals surface area contributed by atoms with Gasteiger partial charge in [0.25, 0.3) is 5.91 Å². The van der Waals surface area contributed by atoms with E-state index in [0.717, 1.165) is 35.6 Å². The van der Waals surface area contributed by atoms with Crippen molar-refractivity contribution in [2.24, 2.45) is 0 Å². The number of nitrogen functional groups attached to an aromatic ring is 1. The fourth-order valence-corrected chi connectivity index (χ4v) is 3.79. The van der Waals surface area contributed by atoms with Gasteiger partial charge < -0.3 is 16.0 Å². The summed E-state index contributed by atoms with van der Waals surface area (Å²) in [6.45, 7) is 3.27. The third-order valence-corrected chi connectivity index (χ3v) is 5.27. The van der Waals surface area contributed by atoms with E-state index in [0.29, 0.717) is 24.5 Å². The number of hydrogen-bond acceptors (Lipinski definition) is 5. The summed E-state index contributed by atoms with van der Waals surface area (Å²) < 4.78 is 13.2. The predicted octanol–water partition coefficient (Wildman–Crippen LogP) is 4.27. The van der Waals surface area contributed by atoms with E-state index in [1.807, 2.05) is 24.0 Å². The SMILES string of the molecule is Cc1cc(Nc2ccc(F)cc2)cc([C@@H]2CCCN(C(=O)c3ccc(N)nc3)C2)n1. The molecule has 7 heteroatoms.